The summed E-state index contributed by atoms with van der Waals surface area (Å²) >= 11 is 6.00. The third kappa shape index (κ3) is 4.10. The van der Waals surface area contributed by atoms with Gasteiger partial charge in [0.2, 0.25) is 10.0 Å². The number of aromatic nitrogens is 3. The highest BCUT2D eigenvalue weighted by molar-refractivity contribution is 7.89. The van der Waals surface area contributed by atoms with Crippen molar-refractivity contribution < 1.29 is 13.2 Å². The zero-order chi connectivity index (χ0) is 20.4. The lowest BCUT2D eigenvalue weighted by Gasteiger charge is -2.25. The van der Waals surface area contributed by atoms with Gasteiger partial charge in [-0.3, -0.25) is 0 Å². The lowest BCUT2D eigenvalue weighted by atomic mass is 9.95. The van der Waals surface area contributed by atoms with Crippen LogP contribution in [0.2, 0.25) is 5.02 Å². The maximum Gasteiger partial charge on any atom is 0.244 e. The second-order valence-electron chi connectivity index (χ2n) is 7.16. The third-order valence-electron chi connectivity index (χ3n) is 5.30. The van der Waals surface area contributed by atoms with Crippen LogP contribution in [0.4, 0.5) is 0 Å². The van der Waals surface area contributed by atoms with Crippen LogP contribution >= 0.6 is 11.6 Å². The van der Waals surface area contributed by atoms with Crippen LogP contribution in [0.15, 0.2) is 41.4 Å². The van der Waals surface area contributed by atoms with Gasteiger partial charge in [0.25, 0.3) is 0 Å². The number of fused-ring (bicyclic) bond motifs is 1. The van der Waals surface area contributed by atoms with E-state index < -0.39 is 10.0 Å². The highest BCUT2D eigenvalue weighted by Gasteiger charge is 2.25. The molecule has 2 heterocycles. The average Bonchev–Trinajstić information content (AvgIpc) is 3.11. The van der Waals surface area contributed by atoms with E-state index in [1.807, 2.05) is 12.1 Å². The highest BCUT2D eigenvalue weighted by Crippen LogP contribution is 2.32. The van der Waals surface area contributed by atoms with Gasteiger partial charge in [-0.25, -0.2) is 23.1 Å². The second kappa shape index (κ2) is 8.30. The first kappa shape index (κ1) is 20.1. The highest BCUT2D eigenvalue weighted by atomic mass is 35.5. The smallest absolute Gasteiger partial charge is 0.244 e. The maximum absolute atomic E-state index is 12.9. The molecule has 2 aromatic heterocycles. The number of ether oxygens (including phenoxy) is 1. The number of sulfonamides is 1. The zero-order valence-corrected chi connectivity index (χ0v) is 17.7. The number of nitrogens with one attached hydrogen (secondary N) is 1. The van der Waals surface area contributed by atoms with Crippen LogP contribution in [0.25, 0.3) is 11.2 Å². The van der Waals surface area contributed by atoms with Gasteiger partial charge in [0.05, 0.1) is 13.7 Å². The topological polar surface area (TPSA) is 86.1 Å². The summed E-state index contributed by atoms with van der Waals surface area (Å²) in [6.07, 6.45) is 7.37. The fourth-order valence-corrected chi connectivity index (χ4v) is 5.33. The number of benzene rings is 1. The van der Waals surface area contributed by atoms with Crippen LogP contribution in [-0.4, -0.2) is 30.1 Å². The van der Waals surface area contributed by atoms with Gasteiger partial charge in [0, 0.05) is 17.3 Å². The lowest BCUT2D eigenvalue weighted by Crippen LogP contribution is -2.27. The molecule has 9 heteroatoms. The van der Waals surface area contributed by atoms with Crippen molar-refractivity contribution in [3.63, 3.8) is 0 Å². The number of methoxy groups -OCH3 is 1. The Morgan fingerprint density at radius 3 is 2.79 bits per heavy atom. The number of pyridine rings is 1. The van der Waals surface area contributed by atoms with Gasteiger partial charge in [0.15, 0.2) is 5.65 Å². The average molecular weight is 435 g/mol. The molecule has 1 aromatic carbocycles. The molecule has 0 aliphatic heterocycles. The quantitative estimate of drug-likeness (QED) is 0.631. The summed E-state index contributed by atoms with van der Waals surface area (Å²) in [7, 11) is -2.41. The molecule has 0 bridgehead atoms. The molecule has 0 atom stereocenters. The Bertz CT molecular complexity index is 1120. The van der Waals surface area contributed by atoms with Gasteiger partial charge in [0.1, 0.15) is 22.0 Å². The summed E-state index contributed by atoms with van der Waals surface area (Å²) in [5, 5.41) is 0.324. The second-order valence-corrected chi connectivity index (χ2v) is 9.33. The summed E-state index contributed by atoms with van der Waals surface area (Å²) in [6, 6.07) is 8.54. The Kier molecular flexibility index (Phi) is 5.76. The SMILES string of the molecule is COc1ccc(Cl)cc1S(=O)(=O)NCc1nc2cccnc2n1C1CCCCC1. The number of rotatable bonds is 6. The van der Waals surface area contributed by atoms with Gasteiger partial charge in [-0.15, -0.1) is 0 Å². The molecular formula is C20H23ClN4O3S. The molecule has 29 heavy (non-hydrogen) atoms. The van der Waals surface area contributed by atoms with Crippen LogP contribution in [0, 0.1) is 0 Å². The molecule has 154 valence electrons. The molecule has 1 aliphatic rings. The van der Waals surface area contributed by atoms with Gasteiger partial charge in [-0.05, 0) is 43.2 Å². The fraction of sp³-hybridized carbons (Fsp3) is 0.400. The Labute approximate surface area is 175 Å². The van der Waals surface area contributed by atoms with Crippen LogP contribution < -0.4 is 9.46 Å². The van der Waals surface area contributed by atoms with Crippen molar-refractivity contribution in [2.24, 2.45) is 0 Å². The maximum atomic E-state index is 12.9. The van der Waals surface area contributed by atoms with Crippen molar-refractivity contribution in [1.29, 1.82) is 0 Å². The number of nitrogens with zero attached hydrogens (tertiary/aromatic N) is 3. The van der Waals surface area contributed by atoms with Gasteiger partial charge < -0.3 is 9.30 Å². The Morgan fingerprint density at radius 2 is 2.03 bits per heavy atom. The molecule has 3 aromatic rings. The van der Waals surface area contributed by atoms with E-state index in [0.717, 1.165) is 36.8 Å². The molecule has 0 spiro atoms. The first-order chi connectivity index (χ1) is 14.0. The minimum atomic E-state index is -3.84. The third-order valence-corrected chi connectivity index (χ3v) is 6.95. The molecule has 1 saturated carbocycles. The zero-order valence-electron chi connectivity index (χ0n) is 16.1. The summed E-state index contributed by atoms with van der Waals surface area (Å²) in [6.45, 7) is 0.0604. The van der Waals surface area contributed by atoms with E-state index in [9.17, 15) is 8.42 Å². The molecule has 1 N–H and O–H groups in total. The van der Waals surface area contributed by atoms with Gasteiger partial charge in [-0.1, -0.05) is 30.9 Å². The van der Waals surface area contributed by atoms with Crippen molar-refractivity contribution in [2.45, 2.75) is 49.6 Å². The Hall–Kier alpha value is -2.16. The van der Waals surface area contributed by atoms with E-state index in [2.05, 4.69) is 19.3 Å². The normalized spacial score (nSPS) is 15.7. The largest absolute Gasteiger partial charge is 0.495 e. The van der Waals surface area contributed by atoms with E-state index in [1.54, 1.807) is 12.3 Å². The van der Waals surface area contributed by atoms with E-state index in [0.29, 0.717) is 10.8 Å². The fourth-order valence-electron chi connectivity index (χ4n) is 3.92. The lowest BCUT2D eigenvalue weighted by molar-refractivity contribution is 0.350. The molecule has 0 radical (unpaired) electrons. The van der Waals surface area contributed by atoms with Crippen molar-refractivity contribution in [2.75, 3.05) is 7.11 Å². The number of imidazole rings is 1. The summed E-state index contributed by atoms with van der Waals surface area (Å²) in [5.41, 5.74) is 1.57. The minimum absolute atomic E-state index is 0.00551. The van der Waals surface area contributed by atoms with E-state index >= 15 is 0 Å². The number of hydrogen-bond donors (Lipinski definition) is 1. The van der Waals surface area contributed by atoms with Gasteiger partial charge in [-0.2, -0.15) is 0 Å². The summed E-state index contributed by atoms with van der Waals surface area (Å²) < 4.78 is 35.8. The van der Waals surface area contributed by atoms with Gasteiger partial charge >= 0.3 is 0 Å². The predicted molar refractivity (Wildman–Crippen MR) is 112 cm³/mol. The standard InChI is InChI=1S/C20H23ClN4O3S/c1-28-17-10-9-14(21)12-18(17)29(26,27)23-13-19-24-16-8-5-11-22-20(16)25(19)15-6-3-2-4-7-15/h5,8-12,15,23H,2-4,6-7,13H2,1H3. The minimum Gasteiger partial charge on any atom is -0.495 e. The molecule has 7 nitrogen and oxygen atoms in total. The summed E-state index contributed by atoms with van der Waals surface area (Å²) in [4.78, 5) is 9.17. The van der Waals surface area contributed by atoms with E-state index in [-0.39, 0.29) is 23.2 Å². The van der Waals surface area contributed by atoms with Crippen molar-refractivity contribution in [3.8, 4) is 5.75 Å². The van der Waals surface area contributed by atoms with E-state index in [4.69, 9.17) is 16.3 Å². The molecule has 0 saturated heterocycles. The Morgan fingerprint density at radius 1 is 1.24 bits per heavy atom. The number of halogens is 1. The molecule has 4 rings (SSSR count). The van der Waals surface area contributed by atoms with Crippen LogP contribution in [0.3, 0.4) is 0 Å². The van der Waals surface area contributed by atoms with Crippen LogP contribution in [-0.2, 0) is 16.6 Å². The van der Waals surface area contributed by atoms with Crippen LogP contribution in [0.5, 0.6) is 5.75 Å². The molecule has 1 fully saturated rings. The molecule has 1 aliphatic carbocycles. The molecule has 0 amide bonds. The molecule has 0 unspecified atom stereocenters. The monoisotopic (exact) mass is 434 g/mol. The summed E-state index contributed by atoms with van der Waals surface area (Å²) in [5.74, 6) is 0.902. The first-order valence-corrected chi connectivity index (χ1v) is 11.5. The van der Waals surface area contributed by atoms with Crippen LogP contribution in [0.1, 0.15) is 44.0 Å². The number of hydrogen-bond acceptors (Lipinski definition) is 5. The molecular weight excluding hydrogens is 412 g/mol. The van der Waals surface area contributed by atoms with Crippen molar-refractivity contribution in [1.82, 2.24) is 19.3 Å². The predicted octanol–water partition coefficient (Wildman–Crippen LogP) is 4.08. The Balaban J connectivity index is 1.67. The van der Waals surface area contributed by atoms with Crippen molar-refractivity contribution in [3.05, 3.63) is 47.4 Å². The first-order valence-electron chi connectivity index (χ1n) is 9.64. The van der Waals surface area contributed by atoms with E-state index in [1.165, 1.54) is 25.7 Å². The van der Waals surface area contributed by atoms with Crippen molar-refractivity contribution >= 4 is 32.8 Å².